The van der Waals surface area contributed by atoms with Crippen LogP contribution in [0.3, 0.4) is 0 Å². The van der Waals surface area contributed by atoms with Gasteiger partial charge in [0.15, 0.2) is 0 Å². The van der Waals surface area contributed by atoms with Crippen molar-refractivity contribution in [3.05, 3.63) is 63.1 Å². The molecule has 8 heteroatoms. The normalized spacial score (nSPS) is 15.1. The van der Waals surface area contributed by atoms with Crippen LogP contribution < -0.4 is 5.14 Å². The second kappa shape index (κ2) is 6.68. The second-order valence-electron chi connectivity index (χ2n) is 5.75. The maximum absolute atomic E-state index is 14.5. The van der Waals surface area contributed by atoms with Gasteiger partial charge in [-0.15, -0.1) is 0 Å². The molecule has 3 rings (SSSR count). The summed E-state index contributed by atoms with van der Waals surface area (Å²) in [6.45, 7) is 0. The van der Waals surface area contributed by atoms with Gasteiger partial charge < -0.3 is 0 Å². The smallest absolute Gasteiger partial charge is 0.225 e. The van der Waals surface area contributed by atoms with Crippen molar-refractivity contribution in [1.29, 1.82) is 0 Å². The summed E-state index contributed by atoms with van der Waals surface area (Å²) in [5.74, 6) is -1.91. The molecule has 0 heterocycles. The molecule has 0 aromatic heterocycles. The van der Waals surface area contributed by atoms with Gasteiger partial charge >= 0.3 is 0 Å². The standard InChI is InChI=1S/C17H13Cl2F2NO2S/c18-13-5-4-9(6-14(13)19)10-2-1-3-11(10)12-7-16(21)17(8-15(12)20)25(22,23)24/h4-8H,1-3H2,(H2,22,23,24). The summed E-state index contributed by atoms with van der Waals surface area (Å²) in [6.07, 6.45) is 1.98. The summed E-state index contributed by atoms with van der Waals surface area (Å²) in [7, 11) is -4.34. The number of rotatable bonds is 3. The number of allylic oxidation sites excluding steroid dienone is 2. The molecule has 2 aromatic rings. The molecule has 1 aliphatic rings. The lowest BCUT2D eigenvalue weighted by Crippen LogP contribution is -2.15. The molecule has 0 saturated heterocycles. The Morgan fingerprint density at radius 2 is 1.60 bits per heavy atom. The van der Waals surface area contributed by atoms with Gasteiger partial charge in [-0.05, 0) is 60.2 Å². The van der Waals surface area contributed by atoms with Crippen LogP contribution in [0.25, 0.3) is 11.1 Å². The highest BCUT2D eigenvalue weighted by Crippen LogP contribution is 2.42. The van der Waals surface area contributed by atoms with Gasteiger partial charge in [0, 0.05) is 5.56 Å². The van der Waals surface area contributed by atoms with Crippen molar-refractivity contribution in [2.75, 3.05) is 0 Å². The minimum Gasteiger partial charge on any atom is -0.225 e. The van der Waals surface area contributed by atoms with E-state index in [-0.39, 0.29) is 5.56 Å². The summed E-state index contributed by atoms with van der Waals surface area (Å²) in [5.41, 5.74) is 2.26. The van der Waals surface area contributed by atoms with Crippen molar-refractivity contribution < 1.29 is 17.2 Å². The van der Waals surface area contributed by atoms with Crippen molar-refractivity contribution in [3.8, 4) is 0 Å². The maximum atomic E-state index is 14.5. The Balaban J connectivity index is 2.17. The highest BCUT2D eigenvalue weighted by Gasteiger charge is 2.24. The van der Waals surface area contributed by atoms with Crippen LogP contribution in [0, 0.1) is 11.6 Å². The van der Waals surface area contributed by atoms with Gasteiger partial charge in [-0.1, -0.05) is 29.3 Å². The van der Waals surface area contributed by atoms with Gasteiger partial charge in [0.25, 0.3) is 0 Å². The molecular weight excluding hydrogens is 391 g/mol. The Morgan fingerprint density at radius 3 is 2.24 bits per heavy atom. The van der Waals surface area contributed by atoms with Gasteiger partial charge in [0.1, 0.15) is 16.5 Å². The molecule has 0 unspecified atom stereocenters. The number of hydrogen-bond acceptors (Lipinski definition) is 2. The third-order valence-corrected chi connectivity index (χ3v) is 5.80. The first-order valence-corrected chi connectivity index (χ1v) is 9.68. The quantitative estimate of drug-likeness (QED) is 0.782. The van der Waals surface area contributed by atoms with Crippen molar-refractivity contribution in [3.63, 3.8) is 0 Å². The monoisotopic (exact) mass is 403 g/mol. The molecular formula is C17H13Cl2F2NO2S. The molecule has 0 fully saturated rings. The molecule has 132 valence electrons. The summed E-state index contributed by atoms with van der Waals surface area (Å²) >= 11 is 12.0. The molecule has 0 spiro atoms. The zero-order valence-electron chi connectivity index (χ0n) is 12.8. The lowest BCUT2D eigenvalue weighted by Gasteiger charge is -2.12. The highest BCUT2D eigenvalue weighted by atomic mass is 35.5. The molecule has 1 aliphatic carbocycles. The fourth-order valence-corrected chi connectivity index (χ4v) is 3.92. The van der Waals surface area contributed by atoms with Crippen LogP contribution in [0.5, 0.6) is 0 Å². The molecule has 0 amide bonds. The van der Waals surface area contributed by atoms with E-state index in [0.29, 0.717) is 34.5 Å². The van der Waals surface area contributed by atoms with E-state index >= 15 is 0 Å². The van der Waals surface area contributed by atoms with Crippen LogP contribution in [0.2, 0.25) is 10.0 Å². The van der Waals surface area contributed by atoms with E-state index in [1.54, 1.807) is 18.2 Å². The van der Waals surface area contributed by atoms with E-state index in [1.165, 1.54) is 0 Å². The molecule has 0 saturated carbocycles. The van der Waals surface area contributed by atoms with Crippen LogP contribution in [0.15, 0.2) is 35.2 Å². The van der Waals surface area contributed by atoms with Crippen molar-refractivity contribution >= 4 is 44.4 Å². The minimum absolute atomic E-state index is 0.0310. The van der Waals surface area contributed by atoms with Crippen molar-refractivity contribution in [2.45, 2.75) is 24.2 Å². The lowest BCUT2D eigenvalue weighted by molar-refractivity contribution is 0.552. The topological polar surface area (TPSA) is 60.2 Å². The molecule has 0 radical (unpaired) electrons. The van der Waals surface area contributed by atoms with Gasteiger partial charge in [-0.2, -0.15) is 0 Å². The SMILES string of the molecule is NS(=O)(=O)c1cc(F)c(C2=C(c3ccc(Cl)c(Cl)c3)CCC2)cc1F. The molecule has 2 aromatic carbocycles. The average molecular weight is 404 g/mol. The van der Waals surface area contributed by atoms with E-state index in [1.807, 2.05) is 0 Å². The van der Waals surface area contributed by atoms with Gasteiger partial charge in [-0.3, -0.25) is 0 Å². The molecule has 0 atom stereocenters. The number of benzene rings is 2. The Bertz CT molecular complexity index is 1000. The number of halogens is 4. The number of primary sulfonamides is 1. The Kier molecular flexibility index (Phi) is 4.90. The summed E-state index contributed by atoms with van der Waals surface area (Å²) in [5, 5.41) is 5.68. The zero-order valence-corrected chi connectivity index (χ0v) is 15.2. The number of hydrogen-bond donors (Lipinski definition) is 1. The molecule has 0 bridgehead atoms. The summed E-state index contributed by atoms with van der Waals surface area (Å²) in [4.78, 5) is -0.858. The third kappa shape index (κ3) is 3.58. The van der Waals surface area contributed by atoms with Crippen LogP contribution in [-0.2, 0) is 10.0 Å². The number of sulfonamides is 1. The predicted molar refractivity (Wildman–Crippen MR) is 94.9 cm³/mol. The van der Waals surface area contributed by atoms with E-state index in [2.05, 4.69) is 0 Å². The van der Waals surface area contributed by atoms with Crippen LogP contribution in [-0.4, -0.2) is 8.42 Å². The Morgan fingerprint density at radius 1 is 0.920 bits per heavy atom. The first kappa shape index (κ1) is 18.3. The van der Waals surface area contributed by atoms with E-state index < -0.39 is 26.6 Å². The van der Waals surface area contributed by atoms with Gasteiger partial charge in [0.2, 0.25) is 10.0 Å². The molecule has 2 N–H and O–H groups in total. The fraction of sp³-hybridized carbons (Fsp3) is 0.176. The lowest BCUT2D eigenvalue weighted by atomic mass is 9.96. The van der Waals surface area contributed by atoms with Gasteiger partial charge in [-0.25, -0.2) is 22.3 Å². The first-order valence-electron chi connectivity index (χ1n) is 7.38. The average Bonchev–Trinajstić information content (AvgIpc) is 3.00. The zero-order chi connectivity index (χ0) is 18.4. The third-order valence-electron chi connectivity index (χ3n) is 4.14. The first-order chi connectivity index (χ1) is 11.7. The van der Waals surface area contributed by atoms with E-state index in [0.717, 1.165) is 23.6 Å². The van der Waals surface area contributed by atoms with Crippen LogP contribution in [0.1, 0.15) is 30.4 Å². The van der Waals surface area contributed by atoms with Crippen molar-refractivity contribution in [2.24, 2.45) is 5.14 Å². The van der Waals surface area contributed by atoms with E-state index in [4.69, 9.17) is 28.3 Å². The predicted octanol–water partition coefficient (Wildman–Crippen LogP) is 5.01. The molecule has 0 aliphatic heterocycles. The van der Waals surface area contributed by atoms with Crippen molar-refractivity contribution in [1.82, 2.24) is 0 Å². The Labute approximate surface area is 154 Å². The largest absolute Gasteiger partial charge is 0.241 e. The van der Waals surface area contributed by atoms with E-state index in [9.17, 15) is 17.2 Å². The number of nitrogens with two attached hydrogens (primary N) is 1. The highest BCUT2D eigenvalue weighted by molar-refractivity contribution is 7.89. The molecule has 25 heavy (non-hydrogen) atoms. The Hall–Kier alpha value is -1.47. The fourth-order valence-electron chi connectivity index (χ4n) is 3.02. The minimum atomic E-state index is -4.34. The summed E-state index contributed by atoms with van der Waals surface area (Å²) in [6, 6.07) is 6.59. The maximum Gasteiger partial charge on any atom is 0.241 e. The van der Waals surface area contributed by atoms with Crippen LogP contribution in [0.4, 0.5) is 8.78 Å². The second-order valence-corrected chi connectivity index (χ2v) is 8.09. The molecule has 3 nitrogen and oxygen atoms in total. The summed E-state index contributed by atoms with van der Waals surface area (Å²) < 4.78 is 51.3. The van der Waals surface area contributed by atoms with Crippen LogP contribution >= 0.6 is 23.2 Å². The van der Waals surface area contributed by atoms with Gasteiger partial charge in [0.05, 0.1) is 10.0 Å².